The second-order valence-electron chi connectivity index (χ2n) is 10.6. The number of hydrogen-bond acceptors (Lipinski definition) is 7. The summed E-state index contributed by atoms with van der Waals surface area (Å²) in [5.41, 5.74) is 6.91. The van der Waals surface area contributed by atoms with Crippen LogP contribution in [0.25, 0.3) is 11.3 Å². The molecule has 0 unspecified atom stereocenters. The number of likely N-dealkylation sites (tertiary alicyclic amines) is 1. The molecule has 2 saturated heterocycles. The molecule has 198 valence electrons. The molecule has 2 aliphatic heterocycles. The fourth-order valence-electron chi connectivity index (χ4n) is 5.51. The molecule has 3 aromatic rings. The van der Waals surface area contributed by atoms with Gasteiger partial charge in [-0.15, -0.1) is 11.3 Å². The van der Waals surface area contributed by atoms with Gasteiger partial charge in [0.25, 0.3) is 0 Å². The quantitative estimate of drug-likeness (QED) is 0.381. The Balaban J connectivity index is 1.26. The van der Waals surface area contributed by atoms with Crippen molar-refractivity contribution in [2.45, 2.75) is 65.4 Å². The molecule has 1 aromatic heterocycles. The minimum Gasteiger partial charge on any atom is -0.488 e. The van der Waals surface area contributed by atoms with Crippen LogP contribution < -0.4 is 9.64 Å². The number of para-hydroxylation sites is 1. The molecule has 2 aromatic carbocycles. The van der Waals surface area contributed by atoms with Crippen molar-refractivity contribution in [2.75, 3.05) is 31.1 Å². The van der Waals surface area contributed by atoms with Gasteiger partial charge < -0.3 is 19.8 Å². The van der Waals surface area contributed by atoms with E-state index in [1.165, 1.54) is 49.0 Å². The van der Waals surface area contributed by atoms with Gasteiger partial charge in [0, 0.05) is 36.5 Å². The van der Waals surface area contributed by atoms with E-state index in [4.69, 9.17) is 9.72 Å². The average molecular weight is 522 g/mol. The maximum Gasteiger partial charge on any atom is 0.185 e. The van der Waals surface area contributed by atoms with Crippen molar-refractivity contribution in [3.63, 3.8) is 0 Å². The first-order valence-electron chi connectivity index (χ1n) is 13.6. The molecule has 3 heterocycles. The van der Waals surface area contributed by atoms with Gasteiger partial charge >= 0.3 is 0 Å². The van der Waals surface area contributed by atoms with E-state index in [0.29, 0.717) is 6.61 Å². The summed E-state index contributed by atoms with van der Waals surface area (Å²) in [6.45, 7) is 9.84. The Hall–Kier alpha value is -2.45. The van der Waals surface area contributed by atoms with Crippen molar-refractivity contribution in [3.05, 3.63) is 64.0 Å². The minimum absolute atomic E-state index is 0.0465. The van der Waals surface area contributed by atoms with Gasteiger partial charge in [-0.05, 0) is 80.9 Å². The third-order valence-corrected chi connectivity index (χ3v) is 8.75. The summed E-state index contributed by atoms with van der Waals surface area (Å²) in [5, 5.41) is 22.0. The number of piperidine rings is 2. The predicted octanol–water partition coefficient (Wildman–Crippen LogP) is 5.52. The highest BCUT2D eigenvalue weighted by molar-refractivity contribution is 7.14. The van der Waals surface area contributed by atoms with E-state index in [0.717, 1.165) is 60.2 Å². The number of nitrogens with zero attached hydrogens (tertiary/aromatic N) is 3. The first-order valence-corrected chi connectivity index (χ1v) is 14.5. The van der Waals surface area contributed by atoms with Crippen molar-refractivity contribution in [1.82, 2.24) is 9.88 Å². The summed E-state index contributed by atoms with van der Waals surface area (Å²) >= 11 is 1.64. The highest BCUT2D eigenvalue weighted by Gasteiger charge is 2.25. The molecule has 2 N–H and O–H groups in total. The highest BCUT2D eigenvalue weighted by Crippen LogP contribution is 2.37. The van der Waals surface area contributed by atoms with E-state index in [1.807, 2.05) is 0 Å². The predicted molar refractivity (Wildman–Crippen MR) is 150 cm³/mol. The van der Waals surface area contributed by atoms with Gasteiger partial charge in [0.1, 0.15) is 12.4 Å². The second kappa shape index (κ2) is 11.9. The van der Waals surface area contributed by atoms with E-state index in [2.05, 4.69) is 65.4 Å². The van der Waals surface area contributed by atoms with Gasteiger partial charge in [-0.25, -0.2) is 4.98 Å². The Morgan fingerprint density at radius 1 is 1.00 bits per heavy atom. The average Bonchev–Trinajstić information content (AvgIpc) is 3.40. The van der Waals surface area contributed by atoms with Crippen LogP contribution in [0.3, 0.4) is 0 Å². The molecule has 5 rings (SSSR count). The fraction of sp³-hybridized carbons (Fsp3) is 0.500. The van der Waals surface area contributed by atoms with Crippen LogP contribution in [-0.2, 0) is 13.2 Å². The normalized spacial score (nSPS) is 17.5. The Labute approximate surface area is 224 Å². The number of aliphatic hydroxyl groups is 2. The fourth-order valence-corrected chi connectivity index (χ4v) is 6.39. The lowest BCUT2D eigenvalue weighted by Gasteiger charge is -2.32. The van der Waals surface area contributed by atoms with Crippen molar-refractivity contribution in [3.8, 4) is 17.0 Å². The van der Waals surface area contributed by atoms with Gasteiger partial charge in [0.05, 0.1) is 5.69 Å². The van der Waals surface area contributed by atoms with Crippen LogP contribution in [0.2, 0.25) is 0 Å². The number of ether oxygens (including phenoxy) is 1. The number of aromatic nitrogens is 1. The van der Waals surface area contributed by atoms with E-state index < -0.39 is 6.29 Å². The van der Waals surface area contributed by atoms with Gasteiger partial charge in [0.15, 0.2) is 11.4 Å². The first kappa shape index (κ1) is 26.2. The van der Waals surface area contributed by atoms with Gasteiger partial charge in [0.2, 0.25) is 0 Å². The summed E-state index contributed by atoms with van der Waals surface area (Å²) in [5.74, 6) is 0.841. The topological polar surface area (TPSA) is 69.1 Å². The summed E-state index contributed by atoms with van der Waals surface area (Å²) < 4.78 is 6.46. The molecular weight excluding hydrogens is 482 g/mol. The zero-order valence-corrected chi connectivity index (χ0v) is 22.8. The first-order chi connectivity index (χ1) is 18.0. The molecule has 0 bridgehead atoms. The molecule has 7 heteroatoms. The molecule has 37 heavy (non-hydrogen) atoms. The van der Waals surface area contributed by atoms with Crippen LogP contribution in [0.15, 0.2) is 41.8 Å². The molecule has 2 aliphatic rings. The van der Waals surface area contributed by atoms with Gasteiger partial charge in [-0.2, -0.15) is 0 Å². The van der Waals surface area contributed by atoms with E-state index >= 15 is 0 Å². The molecule has 0 saturated carbocycles. The molecule has 0 amide bonds. The summed E-state index contributed by atoms with van der Waals surface area (Å²) in [6.07, 6.45) is 4.30. The number of anilines is 1. The number of benzene rings is 2. The lowest BCUT2D eigenvalue weighted by molar-refractivity contribution is -0.0893. The number of aliphatic hydroxyl groups excluding tert-OH is 1. The third-order valence-electron chi connectivity index (χ3n) is 7.85. The number of thiazole rings is 1. The minimum atomic E-state index is -1.23. The Kier molecular flexibility index (Phi) is 8.45. The summed E-state index contributed by atoms with van der Waals surface area (Å²) in [7, 11) is 0. The van der Waals surface area contributed by atoms with Crippen LogP contribution in [0.4, 0.5) is 5.13 Å². The van der Waals surface area contributed by atoms with E-state index in [1.54, 1.807) is 11.3 Å². The van der Waals surface area contributed by atoms with Crippen LogP contribution in [0, 0.1) is 19.8 Å². The monoisotopic (exact) mass is 521 g/mol. The number of rotatable bonds is 8. The number of hydrogen-bond donors (Lipinski definition) is 2. The standard InChI is InChI=1S/C30H39N3O3S/c1-21-7-6-8-26(27-20-37-30(31-27)33-15-11-24(12-16-33)29(34)35)28(21)36-19-25-10-9-23(17-22(25)2)18-32-13-4-3-5-14-32/h6-10,17,20,24,29,34-35H,3-5,11-16,18-19H2,1-2H3. The van der Waals surface area contributed by atoms with Crippen molar-refractivity contribution < 1.29 is 14.9 Å². The van der Waals surface area contributed by atoms with Crippen LogP contribution in [0.5, 0.6) is 5.75 Å². The molecule has 6 nitrogen and oxygen atoms in total. The Bertz CT molecular complexity index is 1180. The zero-order chi connectivity index (χ0) is 25.8. The maximum atomic E-state index is 9.48. The molecular formula is C30H39N3O3S. The van der Waals surface area contributed by atoms with E-state index in [-0.39, 0.29) is 5.92 Å². The maximum absolute atomic E-state index is 9.48. The number of aryl methyl sites for hydroxylation is 2. The summed E-state index contributed by atoms with van der Waals surface area (Å²) in [4.78, 5) is 9.76. The van der Waals surface area contributed by atoms with Crippen LogP contribution >= 0.6 is 11.3 Å². The van der Waals surface area contributed by atoms with Crippen LogP contribution in [-0.4, -0.2) is 52.6 Å². The molecule has 0 aliphatic carbocycles. The highest BCUT2D eigenvalue weighted by atomic mass is 32.1. The summed E-state index contributed by atoms with van der Waals surface area (Å²) in [6, 6.07) is 13.0. The molecule has 0 spiro atoms. The van der Waals surface area contributed by atoms with E-state index in [9.17, 15) is 10.2 Å². The lowest BCUT2D eigenvalue weighted by atomic mass is 9.97. The molecule has 0 radical (unpaired) electrons. The second-order valence-corrected chi connectivity index (χ2v) is 11.4. The third kappa shape index (κ3) is 6.34. The van der Waals surface area contributed by atoms with Gasteiger partial charge in [-0.3, -0.25) is 4.90 Å². The lowest BCUT2D eigenvalue weighted by Crippen LogP contribution is -2.37. The molecule has 2 fully saturated rings. The largest absolute Gasteiger partial charge is 0.488 e. The smallest absolute Gasteiger partial charge is 0.185 e. The Morgan fingerprint density at radius 3 is 2.51 bits per heavy atom. The molecule has 0 atom stereocenters. The van der Waals surface area contributed by atoms with Gasteiger partial charge in [-0.1, -0.05) is 36.8 Å². The van der Waals surface area contributed by atoms with Crippen molar-refractivity contribution in [1.29, 1.82) is 0 Å². The van der Waals surface area contributed by atoms with Crippen molar-refractivity contribution in [2.24, 2.45) is 5.92 Å². The zero-order valence-electron chi connectivity index (χ0n) is 22.0. The van der Waals surface area contributed by atoms with Crippen LogP contribution in [0.1, 0.15) is 54.4 Å². The van der Waals surface area contributed by atoms with Crippen molar-refractivity contribution >= 4 is 16.5 Å². The Morgan fingerprint density at radius 2 is 1.78 bits per heavy atom. The SMILES string of the molecule is Cc1cc(CN2CCCCC2)ccc1COc1c(C)cccc1-c1csc(N2CCC(C(O)O)CC2)n1.